The standard InChI is InChI=1S/C29H26N6O2/c36-26(32-34-28(22-12-3-1-4-13-22)24-16-7-9-20-30-24)18-11-19-27(37)33-35-29(23-14-5-2-6-15-23)25-17-8-10-21-31-25/h1-10,12-17,20-21H,11,18-19H2,(H,32,36)(H,33,37)/b34-28+,35-29+. The van der Waals surface area contributed by atoms with Crippen LogP contribution in [0.4, 0.5) is 0 Å². The molecular weight excluding hydrogens is 464 g/mol. The molecule has 2 amide bonds. The van der Waals surface area contributed by atoms with Crippen LogP contribution in [0.25, 0.3) is 0 Å². The highest BCUT2D eigenvalue weighted by Gasteiger charge is 2.11. The smallest absolute Gasteiger partial charge is 0.240 e. The maximum Gasteiger partial charge on any atom is 0.240 e. The minimum atomic E-state index is -0.292. The van der Waals surface area contributed by atoms with Crippen LogP contribution >= 0.6 is 0 Å². The van der Waals surface area contributed by atoms with Crippen LogP contribution in [0, 0.1) is 0 Å². The van der Waals surface area contributed by atoms with Crippen LogP contribution in [0.2, 0.25) is 0 Å². The number of nitrogens with one attached hydrogen (secondary N) is 2. The van der Waals surface area contributed by atoms with Crippen molar-refractivity contribution in [2.75, 3.05) is 0 Å². The largest absolute Gasteiger partial charge is 0.273 e. The molecule has 4 aromatic rings. The zero-order valence-corrected chi connectivity index (χ0v) is 20.1. The Morgan fingerprint density at radius 2 is 0.973 bits per heavy atom. The van der Waals surface area contributed by atoms with Crippen molar-refractivity contribution >= 4 is 23.2 Å². The molecule has 2 aromatic heterocycles. The first-order chi connectivity index (χ1) is 18.2. The van der Waals surface area contributed by atoms with Crippen LogP contribution in [0.15, 0.2) is 120 Å². The van der Waals surface area contributed by atoms with Crippen molar-refractivity contribution in [3.05, 3.63) is 132 Å². The van der Waals surface area contributed by atoms with Crippen molar-refractivity contribution in [3.8, 4) is 0 Å². The van der Waals surface area contributed by atoms with Gasteiger partial charge in [-0.05, 0) is 30.7 Å². The second-order valence-corrected chi connectivity index (χ2v) is 8.01. The second kappa shape index (κ2) is 13.2. The monoisotopic (exact) mass is 490 g/mol. The Morgan fingerprint density at radius 3 is 1.35 bits per heavy atom. The lowest BCUT2D eigenvalue weighted by molar-refractivity contribution is -0.122. The summed E-state index contributed by atoms with van der Waals surface area (Å²) >= 11 is 0. The van der Waals surface area contributed by atoms with E-state index >= 15 is 0 Å². The van der Waals surface area contributed by atoms with Gasteiger partial charge in [0.05, 0.1) is 11.4 Å². The van der Waals surface area contributed by atoms with Gasteiger partial charge in [-0.2, -0.15) is 10.2 Å². The number of hydrogen-bond acceptors (Lipinski definition) is 6. The van der Waals surface area contributed by atoms with Crippen LogP contribution in [-0.4, -0.2) is 33.2 Å². The average Bonchev–Trinajstić information content (AvgIpc) is 2.95. The number of amides is 2. The predicted octanol–water partition coefficient (Wildman–Crippen LogP) is 4.08. The number of nitrogens with zero attached hydrogens (tertiary/aromatic N) is 4. The van der Waals surface area contributed by atoms with Gasteiger partial charge in [0.15, 0.2) is 0 Å². The number of benzene rings is 2. The van der Waals surface area contributed by atoms with Crippen LogP contribution in [-0.2, 0) is 9.59 Å². The van der Waals surface area contributed by atoms with Gasteiger partial charge in [0, 0.05) is 36.4 Å². The van der Waals surface area contributed by atoms with Crippen LogP contribution in [0.5, 0.6) is 0 Å². The Balaban J connectivity index is 1.33. The molecule has 0 atom stereocenters. The molecule has 184 valence electrons. The first-order valence-corrected chi connectivity index (χ1v) is 11.9. The Kier molecular flexibility index (Phi) is 8.96. The highest BCUT2D eigenvalue weighted by molar-refractivity contribution is 6.12. The number of rotatable bonds is 10. The summed E-state index contributed by atoms with van der Waals surface area (Å²) in [7, 11) is 0. The second-order valence-electron chi connectivity index (χ2n) is 8.01. The molecule has 8 nitrogen and oxygen atoms in total. The molecule has 0 aliphatic heterocycles. The molecule has 0 unspecified atom stereocenters. The summed E-state index contributed by atoms with van der Waals surface area (Å²) in [6.45, 7) is 0. The number of carbonyl (C=O) groups is 2. The van der Waals surface area contributed by atoms with Gasteiger partial charge in [-0.1, -0.05) is 72.8 Å². The van der Waals surface area contributed by atoms with E-state index in [1.54, 1.807) is 12.4 Å². The number of hydrogen-bond donors (Lipinski definition) is 2. The normalized spacial score (nSPS) is 11.6. The zero-order chi connectivity index (χ0) is 25.7. The molecule has 8 heteroatoms. The molecule has 2 heterocycles. The molecule has 0 aliphatic carbocycles. The Hall–Kier alpha value is -4.98. The fraction of sp³-hybridized carbons (Fsp3) is 0.103. The summed E-state index contributed by atoms with van der Waals surface area (Å²) in [6.07, 6.45) is 3.96. The topological polar surface area (TPSA) is 109 Å². The third-order valence-corrected chi connectivity index (χ3v) is 5.30. The number of aromatic nitrogens is 2. The van der Waals surface area contributed by atoms with Crippen molar-refractivity contribution in [1.82, 2.24) is 20.8 Å². The molecular formula is C29H26N6O2. The minimum Gasteiger partial charge on any atom is -0.273 e. The molecule has 0 bridgehead atoms. The number of hydrazone groups is 2. The van der Waals surface area contributed by atoms with E-state index in [0.717, 1.165) is 11.1 Å². The molecule has 2 N–H and O–H groups in total. The quantitative estimate of drug-likeness (QED) is 0.258. The molecule has 4 rings (SSSR count). The molecule has 37 heavy (non-hydrogen) atoms. The minimum absolute atomic E-state index is 0.136. The lowest BCUT2D eigenvalue weighted by atomic mass is 10.1. The van der Waals surface area contributed by atoms with E-state index in [2.05, 4.69) is 31.0 Å². The lowest BCUT2D eigenvalue weighted by Gasteiger charge is -2.08. The van der Waals surface area contributed by atoms with Crippen LogP contribution < -0.4 is 10.9 Å². The fourth-order valence-corrected chi connectivity index (χ4v) is 3.49. The van der Waals surface area contributed by atoms with Gasteiger partial charge in [0.25, 0.3) is 0 Å². The zero-order valence-electron chi connectivity index (χ0n) is 20.1. The molecule has 0 saturated carbocycles. The first-order valence-electron chi connectivity index (χ1n) is 11.9. The SMILES string of the molecule is O=C(CCCC(=O)N/N=C(\c1ccccc1)c1ccccn1)N/N=C(\c1ccccc1)c1ccccn1. The number of pyridine rings is 2. The maximum absolute atomic E-state index is 12.4. The average molecular weight is 491 g/mol. The summed E-state index contributed by atoms with van der Waals surface area (Å²) in [5.41, 5.74) is 9.26. The van der Waals surface area contributed by atoms with Gasteiger partial charge in [0.2, 0.25) is 11.8 Å². The highest BCUT2D eigenvalue weighted by atomic mass is 16.2. The van der Waals surface area contributed by atoms with E-state index in [1.165, 1.54) is 0 Å². The third kappa shape index (κ3) is 7.50. The van der Waals surface area contributed by atoms with Crippen LogP contribution in [0.1, 0.15) is 41.8 Å². The molecule has 0 spiro atoms. The van der Waals surface area contributed by atoms with Gasteiger partial charge in [-0.15, -0.1) is 0 Å². The van der Waals surface area contributed by atoms with E-state index in [-0.39, 0.29) is 24.7 Å². The van der Waals surface area contributed by atoms with Gasteiger partial charge in [-0.25, -0.2) is 10.9 Å². The van der Waals surface area contributed by atoms with Gasteiger partial charge in [-0.3, -0.25) is 19.6 Å². The highest BCUT2D eigenvalue weighted by Crippen LogP contribution is 2.10. The van der Waals surface area contributed by atoms with Crippen molar-refractivity contribution in [3.63, 3.8) is 0 Å². The Bertz CT molecular complexity index is 1170. The van der Waals surface area contributed by atoms with Crippen LogP contribution in [0.3, 0.4) is 0 Å². The van der Waals surface area contributed by atoms with Crippen molar-refractivity contribution in [2.24, 2.45) is 10.2 Å². The predicted molar refractivity (Wildman–Crippen MR) is 143 cm³/mol. The Labute approximate surface area is 215 Å². The molecule has 2 aromatic carbocycles. The van der Waals surface area contributed by atoms with Gasteiger partial charge in [0.1, 0.15) is 11.4 Å². The van der Waals surface area contributed by atoms with E-state index in [9.17, 15) is 9.59 Å². The molecule has 0 aliphatic rings. The maximum atomic E-state index is 12.4. The van der Waals surface area contributed by atoms with Gasteiger partial charge < -0.3 is 0 Å². The first kappa shape index (κ1) is 25.1. The summed E-state index contributed by atoms with van der Waals surface area (Å²) in [6, 6.07) is 30.0. The van der Waals surface area contributed by atoms with E-state index in [0.29, 0.717) is 29.2 Å². The van der Waals surface area contributed by atoms with E-state index < -0.39 is 0 Å². The van der Waals surface area contributed by atoms with E-state index in [1.807, 2.05) is 97.1 Å². The third-order valence-electron chi connectivity index (χ3n) is 5.30. The van der Waals surface area contributed by atoms with E-state index in [4.69, 9.17) is 0 Å². The molecule has 0 saturated heterocycles. The molecule has 0 fully saturated rings. The summed E-state index contributed by atoms with van der Waals surface area (Å²) in [5, 5.41) is 8.63. The summed E-state index contributed by atoms with van der Waals surface area (Å²) in [5.74, 6) is -0.585. The molecule has 0 radical (unpaired) electrons. The Morgan fingerprint density at radius 1 is 0.568 bits per heavy atom. The lowest BCUT2D eigenvalue weighted by Crippen LogP contribution is -2.23. The summed E-state index contributed by atoms with van der Waals surface area (Å²) in [4.78, 5) is 33.5. The van der Waals surface area contributed by atoms with Crippen molar-refractivity contribution < 1.29 is 9.59 Å². The van der Waals surface area contributed by atoms with Gasteiger partial charge >= 0.3 is 0 Å². The fourth-order valence-electron chi connectivity index (χ4n) is 3.49. The number of carbonyl (C=O) groups excluding carboxylic acids is 2. The van der Waals surface area contributed by atoms with Crippen molar-refractivity contribution in [2.45, 2.75) is 19.3 Å². The summed E-state index contributed by atoms with van der Waals surface area (Å²) < 4.78 is 0. The van der Waals surface area contributed by atoms with Crippen molar-refractivity contribution in [1.29, 1.82) is 0 Å².